The highest BCUT2D eigenvalue weighted by atomic mass is 16.1. The lowest BCUT2D eigenvalue weighted by atomic mass is 9.35. The molecule has 0 aliphatic heterocycles. The van der Waals surface area contributed by atoms with Crippen molar-refractivity contribution in [2.45, 2.75) is 113 Å². The van der Waals surface area contributed by atoms with Gasteiger partial charge in [-0.25, -0.2) is 0 Å². The number of hydrogen-bond donors (Lipinski definition) is 0. The molecular weight excluding hydrogens is 376 g/mol. The second kappa shape index (κ2) is 6.50. The number of ketones is 1. The van der Waals surface area contributed by atoms with Gasteiger partial charge in [0, 0.05) is 11.8 Å². The van der Waals surface area contributed by atoms with Gasteiger partial charge in [-0.05, 0) is 103 Å². The van der Waals surface area contributed by atoms with E-state index in [-0.39, 0.29) is 5.41 Å². The van der Waals surface area contributed by atoms with E-state index < -0.39 is 0 Å². The van der Waals surface area contributed by atoms with Gasteiger partial charge in [0.05, 0.1) is 0 Å². The molecule has 31 heavy (non-hydrogen) atoms. The first kappa shape index (κ1) is 22.2. The Bertz CT molecular complexity index is 818. The van der Waals surface area contributed by atoms with Crippen LogP contribution in [0.25, 0.3) is 0 Å². The number of hydrogen-bond acceptors (Lipinski definition) is 1. The van der Waals surface area contributed by atoms with Crippen molar-refractivity contribution in [3.05, 3.63) is 11.6 Å². The number of allylic oxidation sites excluding steroid dienone is 2. The molecule has 0 heterocycles. The maximum atomic E-state index is 12.9. The molecule has 0 aromatic heterocycles. The fourth-order valence-electron chi connectivity index (χ4n) is 11.4. The standard InChI is InChI=1S/C30H48O/c1-19(2)30-17-9-20(3)25(30)29(8)15-11-22-27(6)16-13-24(31)26(4,5)21(27)10-14-28(22,7)23(29)12-18-30/h12,19-22,25H,9-11,13-18H2,1-8H3. The van der Waals surface area contributed by atoms with Crippen molar-refractivity contribution in [2.24, 2.45) is 56.7 Å². The van der Waals surface area contributed by atoms with Crippen molar-refractivity contribution >= 4 is 5.78 Å². The van der Waals surface area contributed by atoms with Crippen molar-refractivity contribution in [3.8, 4) is 0 Å². The zero-order valence-corrected chi connectivity index (χ0v) is 21.7. The van der Waals surface area contributed by atoms with Gasteiger partial charge in [-0.15, -0.1) is 0 Å². The molecule has 0 N–H and O–H groups in total. The molecule has 0 spiro atoms. The molecule has 5 aliphatic rings. The zero-order chi connectivity index (χ0) is 22.6. The first-order valence-electron chi connectivity index (χ1n) is 13.6. The second-order valence-corrected chi connectivity index (χ2v) is 14.4. The highest BCUT2D eigenvalue weighted by molar-refractivity contribution is 5.85. The molecule has 0 aromatic carbocycles. The van der Waals surface area contributed by atoms with Crippen LogP contribution in [0.4, 0.5) is 0 Å². The van der Waals surface area contributed by atoms with Crippen LogP contribution in [-0.4, -0.2) is 5.78 Å². The summed E-state index contributed by atoms with van der Waals surface area (Å²) < 4.78 is 0. The molecule has 4 saturated carbocycles. The Morgan fingerprint density at radius 3 is 2.19 bits per heavy atom. The van der Waals surface area contributed by atoms with E-state index in [1.807, 2.05) is 5.57 Å². The monoisotopic (exact) mass is 424 g/mol. The lowest BCUT2D eigenvalue weighted by Crippen LogP contribution is -2.62. The van der Waals surface area contributed by atoms with E-state index in [9.17, 15) is 4.79 Å². The molecule has 0 radical (unpaired) electrons. The van der Waals surface area contributed by atoms with Gasteiger partial charge in [0.1, 0.15) is 5.78 Å². The average Bonchev–Trinajstić information content (AvgIpc) is 3.04. The molecular formula is C30H48O. The minimum atomic E-state index is -0.136. The lowest BCUT2D eigenvalue weighted by Gasteiger charge is -2.69. The van der Waals surface area contributed by atoms with E-state index in [1.165, 1.54) is 44.9 Å². The van der Waals surface area contributed by atoms with Gasteiger partial charge >= 0.3 is 0 Å². The van der Waals surface area contributed by atoms with Gasteiger partial charge in [-0.1, -0.05) is 67.0 Å². The highest BCUT2D eigenvalue weighted by Gasteiger charge is 2.68. The Labute approximate surface area is 192 Å². The summed E-state index contributed by atoms with van der Waals surface area (Å²) in [7, 11) is 0. The Morgan fingerprint density at radius 1 is 0.871 bits per heavy atom. The van der Waals surface area contributed by atoms with Crippen molar-refractivity contribution < 1.29 is 4.79 Å². The summed E-state index contributed by atoms with van der Waals surface area (Å²) in [5.74, 6) is 4.32. The topological polar surface area (TPSA) is 17.1 Å². The number of Topliss-reactive ketones (excluding diaryl/α,β-unsaturated/α-hetero) is 1. The summed E-state index contributed by atoms with van der Waals surface area (Å²) >= 11 is 0. The molecule has 0 amide bonds. The number of carbonyl (C=O) groups is 1. The van der Waals surface area contributed by atoms with Crippen LogP contribution in [-0.2, 0) is 4.79 Å². The van der Waals surface area contributed by atoms with Crippen LogP contribution in [0.5, 0.6) is 0 Å². The third kappa shape index (κ3) is 2.53. The Kier molecular flexibility index (Phi) is 4.66. The van der Waals surface area contributed by atoms with Crippen molar-refractivity contribution in [3.63, 3.8) is 0 Å². The smallest absolute Gasteiger partial charge is 0.138 e. The van der Waals surface area contributed by atoms with Crippen LogP contribution in [0.1, 0.15) is 113 Å². The normalized spacial score (nSPS) is 53.3. The van der Waals surface area contributed by atoms with Crippen molar-refractivity contribution in [1.29, 1.82) is 0 Å². The summed E-state index contributed by atoms with van der Waals surface area (Å²) in [5.41, 5.74) is 3.29. The average molecular weight is 425 g/mol. The number of fused-ring (bicyclic) bond motifs is 7. The maximum absolute atomic E-state index is 12.9. The molecule has 0 bridgehead atoms. The van der Waals surface area contributed by atoms with Crippen LogP contribution in [0.2, 0.25) is 0 Å². The van der Waals surface area contributed by atoms with E-state index in [0.717, 1.165) is 36.5 Å². The van der Waals surface area contributed by atoms with E-state index in [2.05, 4.69) is 61.5 Å². The van der Waals surface area contributed by atoms with Gasteiger partial charge in [-0.3, -0.25) is 4.79 Å². The molecule has 8 unspecified atom stereocenters. The van der Waals surface area contributed by atoms with Gasteiger partial charge in [0.25, 0.3) is 0 Å². The molecule has 8 atom stereocenters. The van der Waals surface area contributed by atoms with E-state index in [1.54, 1.807) is 0 Å². The molecule has 0 aromatic rings. The van der Waals surface area contributed by atoms with Crippen LogP contribution < -0.4 is 0 Å². The Hall–Kier alpha value is -0.590. The van der Waals surface area contributed by atoms with Crippen LogP contribution in [0.3, 0.4) is 0 Å². The third-order valence-electron chi connectivity index (χ3n) is 12.8. The Balaban J connectivity index is 1.59. The van der Waals surface area contributed by atoms with Crippen LogP contribution in [0, 0.1) is 56.7 Å². The first-order valence-corrected chi connectivity index (χ1v) is 13.6. The van der Waals surface area contributed by atoms with Crippen LogP contribution in [0.15, 0.2) is 11.6 Å². The lowest BCUT2D eigenvalue weighted by molar-refractivity contribution is -0.167. The minimum absolute atomic E-state index is 0.136. The molecule has 0 saturated heterocycles. The Morgan fingerprint density at radius 2 is 1.52 bits per heavy atom. The van der Waals surface area contributed by atoms with E-state index in [0.29, 0.717) is 33.4 Å². The largest absolute Gasteiger partial charge is 0.299 e. The minimum Gasteiger partial charge on any atom is -0.299 e. The molecule has 174 valence electrons. The summed E-state index contributed by atoms with van der Waals surface area (Å²) in [4.78, 5) is 12.9. The summed E-state index contributed by atoms with van der Waals surface area (Å²) in [5, 5.41) is 0. The number of rotatable bonds is 1. The fraction of sp³-hybridized carbons (Fsp3) is 0.900. The number of carbonyl (C=O) groups excluding carboxylic acids is 1. The molecule has 4 fully saturated rings. The quantitative estimate of drug-likeness (QED) is 0.387. The molecule has 5 rings (SSSR count). The van der Waals surface area contributed by atoms with Gasteiger partial charge in [-0.2, -0.15) is 0 Å². The van der Waals surface area contributed by atoms with Crippen LogP contribution >= 0.6 is 0 Å². The van der Waals surface area contributed by atoms with Crippen molar-refractivity contribution in [1.82, 2.24) is 0 Å². The van der Waals surface area contributed by atoms with Gasteiger partial charge < -0.3 is 0 Å². The molecule has 1 nitrogen and oxygen atoms in total. The zero-order valence-electron chi connectivity index (χ0n) is 21.7. The summed E-state index contributed by atoms with van der Waals surface area (Å²) in [6, 6.07) is 0. The predicted molar refractivity (Wildman–Crippen MR) is 130 cm³/mol. The van der Waals surface area contributed by atoms with Crippen molar-refractivity contribution in [2.75, 3.05) is 0 Å². The predicted octanol–water partition coefficient (Wildman–Crippen LogP) is 8.23. The first-order chi connectivity index (χ1) is 14.3. The SMILES string of the molecule is CC1CCC2(C(C)C)CC=C3C4(C)CCC5C(C)(C)C(=O)CCC5(C)C4CCC3(C)C12. The summed E-state index contributed by atoms with van der Waals surface area (Å²) in [6.07, 6.45) is 14.2. The fourth-order valence-corrected chi connectivity index (χ4v) is 11.4. The molecule has 5 aliphatic carbocycles. The third-order valence-corrected chi connectivity index (χ3v) is 12.8. The molecule has 1 heteroatoms. The maximum Gasteiger partial charge on any atom is 0.138 e. The highest BCUT2D eigenvalue weighted by Crippen LogP contribution is 2.75. The summed E-state index contributed by atoms with van der Waals surface area (Å²) in [6.45, 7) is 20.1. The second-order valence-electron chi connectivity index (χ2n) is 14.4. The van der Waals surface area contributed by atoms with E-state index >= 15 is 0 Å². The van der Waals surface area contributed by atoms with Gasteiger partial charge in [0.15, 0.2) is 0 Å². The van der Waals surface area contributed by atoms with E-state index in [4.69, 9.17) is 0 Å². The van der Waals surface area contributed by atoms with Gasteiger partial charge in [0.2, 0.25) is 0 Å².